The summed E-state index contributed by atoms with van der Waals surface area (Å²) in [5, 5.41) is 9.01. The molecule has 0 saturated carbocycles. The van der Waals surface area contributed by atoms with Gasteiger partial charge in [-0.25, -0.2) is 5.43 Å². The van der Waals surface area contributed by atoms with E-state index in [0.717, 1.165) is 16.8 Å². The molecule has 1 heterocycles. The van der Waals surface area contributed by atoms with Crippen LogP contribution in [-0.4, -0.2) is 30.5 Å². The first kappa shape index (κ1) is 23.3. The van der Waals surface area contributed by atoms with E-state index in [9.17, 15) is 14.4 Å². The van der Waals surface area contributed by atoms with Crippen LogP contribution in [0.25, 0.3) is 0 Å². The van der Waals surface area contributed by atoms with Crippen LogP contribution < -0.4 is 20.8 Å². The van der Waals surface area contributed by atoms with Gasteiger partial charge in [0.2, 0.25) is 0 Å². The van der Waals surface area contributed by atoms with E-state index in [4.69, 9.17) is 9.15 Å². The highest BCUT2D eigenvalue weighted by molar-refractivity contribution is 6.35. The lowest BCUT2D eigenvalue weighted by atomic mass is 10.1. The van der Waals surface area contributed by atoms with Crippen molar-refractivity contribution < 1.29 is 23.5 Å². The fourth-order valence-corrected chi connectivity index (χ4v) is 2.75. The molecule has 0 saturated heterocycles. The number of aryl methyl sites for hydroxylation is 1. The van der Waals surface area contributed by atoms with Gasteiger partial charge in [-0.3, -0.25) is 14.4 Å². The number of nitrogens with zero attached hydrogens (tertiary/aromatic N) is 1. The molecule has 0 aliphatic carbocycles. The van der Waals surface area contributed by atoms with Crippen LogP contribution in [0.4, 0.5) is 5.69 Å². The van der Waals surface area contributed by atoms with Crippen molar-refractivity contribution in [1.29, 1.82) is 0 Å². The smallest absolute Gasteiger partial charge is 0.329 e. The lowest BCUT2D eigenvalue weighted by molar-refractivity contribution is -0.139. The Balaban J connectivity index is 1.41. The van der Waals surface area contributed by atoms with E-state index in [2.05, 4.69) is 21.2 Å². The van der Waals surface area contributed by atoms with Crippen molar-refractivity contribution in [3.8, 4) is 5.75 Å². The minimum absolute atomic E-state index is 0.104. The van der Waals surface area contributed by atoms with Gasteiger partial charge in [-0.2, -0.15) is 5.10 Å². The Morgan fingerprint density at radius 2 is 1.79 bits per heavy atom. The topological polar surface area (TPSA) is 122 Å². The van der Waals surface area contributed by atoms with E-state index < -0.39 is 11.8 Å². The number of furan rings is 1. The Labute approximate surface area is 190 Å². The van der Waals surface area contributed by atoms with Crippen molar-refractivity contribution in [1.82, 2.24) is 10.7 Å². The van der Waals surface area contributed by atoms with Crippen molar-refractivity contribution in [2.45, 2.75) is 20.4 Å². The summed E-state index contributed by atoms with van der Waals surface area (Å²) < 4.78 is 10.6. The molecule has 3 N–H and O–H groups in total. The molecule has 9 heteroatoms. The van der Waals surface area contributed by atoms with Gasteiger partial charge in [0, 0.05) is 5.69 Å². The predicted octanol–water partition coefficient (Wildman–Crippen LogP) is 2.68. The average Bonchev–Trinajstić information content (AvgIpc) is 3.33. The maximum Gasteiger partial charge on any atom is 0.329 e. The van der Waals surface area contributed by atoms with Crippen molar-refractivity contribution in [3.05, 3.63) is 83.3 Å². The molecular formula is C24H24N4O5. The van der Waals surface area contributed by atoms with Gasteiger partial charge in [0.15, 0.2) is 6.61 Å². The zero-order chi connectivity index (χ0) is 23.6. The summed E-state index contributed by atoms with van der Waals surface area (Å²) in [4.78, 5) is 35.6. The predicted molar refractivity (Wildman–Crippen MR) is 123 cm³/mol. The zero-order valence-corrected chi connectivity index (χ0v) is 18.3. The number of carbonyl (C=O) groups excluding carboxylic acids is 3. The Hall–Kier alpha value is -4.40. The Morgan fingerprint density at radius 3 is 2.52 bits per heavy atom. The van der Waals surface area contributed by atoms with Gasteiger partial charge >= 0.3 is 11.8 Å². The molecule has 2 aromatic carbocycles. The summed E-state index contributed by atoms with van der Waals surface area (Å²) in [6.07, 6.45) is 2.86. The maximum absolute atomic E-state index is 12.2. The van der Waals surface area contributed by atoms with Crippen molar-refractivity contribution in [3.63, 3.8) is 0 Å². The number of ether oxygens (including phenoxy) is 1. The Morgan fingerprint density at radius 1 is 1.00 bits per heavy atom. The van der Waals surface area contributed by atoms with E-state index in [1.807, 2.05) is 32.0 Å². The molecule has 0 spiro atoms. The number of amides is 3. The van der Waals surface area contributed by atoms with Gasteiger partial charge in [-0.05, 0) is 73.0 Å². The molecule has 33 heavy (non-hydrogen) atoms. The van der Waals surface area contributed by atoms with Crippen LogP contribution >= 0.6 is 0 Å². The third kappa shape index (κ3) is 7.06. The zero-order valence-electron chi connectivity index (χ0n) is 18.3. The number of rotatable bonds is 8. The fourth-order valence-electron chi connectivity index (χ4n) is 2.75. The largest absolute Gasteiger partial charge is 0.484 e. The molecule has 0 aliphatic rings. The lowest BCUT2D eigenvalue weighted by Crippen LogP contribution is -2.37. The van der Waals surface area contributed by atoms with Gasteiger partial charge in [-0.15, -0.1) is 0 Å². The summed E-state index contributed by atoms with van der Waals surface area (Å²) >= 11 is 0. The molecule has 0 atom stereocenters. The summed E-state index contributed by atoms with van der Waals surface area (Å²) in [5.74, 6) is -0.948. The Bertz CT molecular complexity index is 1140. The van der Waals surface area contributed by atoms with Gasteiger partial charge in [0.05, 0.1) is 19.0 Å². The van der Waals surface area contributed by atoms with E-state index in [1.165, 1.54) is 12.5 Å². The van der Waals surface area contributed by atoms with Crippen LogP contribution in [0.5, 0.6) is 5.75 Å². The van der Waals surface area contributed by atoms with Gasteiger partial charge in [0.25, 0.3) is 5.91 Å². The fraction of sp³-hybridized carbons (Fsp3) is 0.167. The number of carbonyl (C=O) groups is 3. The summed E-state index contributed by atoms with van der Waals surface area (Å²) in [6, 6.07) is 15.8. The Kier molecular flexibility index (Phi) is 7.96. The summed E-state index contributed by atoms with van der Waals surface area (Å²) in [6.45, 7) is 3.90. The first-order chi connectivity index (χ1) is 15.9. The van der Waals surface area contributed by atoms with Crippen molar-refractivity contribution >= 4 is 29.6 Å². The SMILES string of the molecule is Cc1cccc(NC(=O)COc2ccc(/C=N\NC(=O)C(=O)NCc3ccco3)cc2)c1C. The molecule has 3 amide bonds. The third-order valence-corrected chi connectivity index (χ3v) is 4.72. The molecule has 3 rings (SSSR count). The quantitative estimate of drug-likeness (QED) is 0.278. The van der Waals surface area contributed by atoms with Crippen LogP contribution in [0.3, 0.4) is 0 Å². The third-order valence-electron chi connectivity index (χ3n) is 4.72. The number of hydrazone groups is 1. The molecule has 3 aromatic rings. The van der Waals surface area contributed by atoms with Crippen molar-refractivity contribution in [2.75, 3.05) is 11.9 Å². The minimum atomic E-state index is -0.896. The average molecular weight is 448 g/mol. The number of benzene rings is 2. The molecule has 0 aliphatic heterocycles. The highest BCUT2D eigenvalue weighted by Gasteiger charge is 2.12. The molecule has 9 nitrogen and oxygen atoms in total. The first-order valence-electron chi connectivity index (χ1n) is 10.1. The van der Waals surface area contributed by atoms with Crippen LogP contribution in [0, 0.1) is 13.8 Å². The minimum Gasteiger partial charge on any atom is -0.484 e. The second-order valence-electron chi connectivity index (χ2n) is 7.11. The molecule has 170 valence electrons. The normalized spacial score (nSPS) is 10.6. The second-order valence-corrected chi connectivity index (χ2v) is 7.11. The van der Waals surface area contributed by atoms with Gasteiger partial charge < -0.3 is 19.8 Å². The standard InChI is InChI=1S/C24H24N4O5/c1-16-5-3-7-21(17(16)2)27-22(29)15-33-19-10-8-18(9-11-19)13-26-28-24(31)23(30)25-14-20-6-4-12-32-20/h3-13H,14-15H2,1-2H3,(H,25,30)(H,27,29)(H,28,31)/b26-13-. The maximum atomic E-state index is 12.2. The van der Waals surface area contributed by atoms with Gasteiger partial charge in [0.1, 0.15) is 11.5 Å². The summed E-state index contributed by atoms with van der Waals surface area (Å²) in [7, 11) is 0. The monoisotopic (exact) mass is 448 g/mol. The van der Waals surface area contributed by atoms with Crippen LogP contribution in [0.1, 0.15) is 22.5 Å². The van der Waals surface area contributed by atoms with E-state index in [-0.39, 0.29) is 19.1 Å². The van der Waals surface area contributed by atoms with Crippen LogP contribution in [0.2, 0.25) is 0 Å². The van der Waals surface area contributed by atoms with E-state index >= 15 is 0 Å². The summed E-state index contributed by atoms with van der Waals surface area (Å²) in [5.41, 5.74) is 5.68. The number of hydrogen-bond acceptors (Lipinski definition) is 6. The highest BCUT2D eigenvalue weighted by Crippen LogP contribution is 2.18. The lowest BCUT2D eigenvalue weighted by Gasteiger charge is -2.11. The first-order valence-corrected chi connectivity index (χ1v) is 10.1. The number of anilines is 1. The molecule has 0 radical (unpaired) electrons. The molecule has 0 unspecified atom stereocenters. The molecule has 0 fully saturated rings. The van der Waals surface area contributed by atoms with Gasteiger partial charge in [-0.1, -0.05) is 12.1 Å². The highest BCUT2D eigenvalue weighted by atomic mass is 16.5. The number of hydrogen-bond donors (Lipinski definition) is 3. The van der Waals surface area contributed by atoms with Crippen LogP contribution in [0.15, 0.2) is 70.4 Å². The van der Waals surface area contributed by atoms with Crippen molar-refractivity contribution in [2.24, 2.45) is 5.10 Å². The van der Waals surface area contributed by atoms with E-state index in [0.29, 0.717) is 17.1 Å². The molecule has 1 aromatic heterocycles. The van der Waals surface area contributed by atoms with E-state index in [1.54, 1.807) is 36.4 Å². The van der Waals surface area contributed by atoms with Crippen LogP contribution in [-0.2, 0) is 20.9 Å². The number of nitrogens with one attached hydrogen (secondary N) is 3. The second kappa shape index (κ2) is 11.3. The molecule has 0 bridgehead atoms. The molecular weight excluding hydrogens is 424 g/mol.